The number of carbonyl (C=O) groups is 2. The lowest BCUT2D eigenvalue weighted by Gasteiger charge is -2.33. The maximum atomic E-state index is 12.7. The molecule has 0 saturated heterocycles. The monoisotopic (exact) mass is 708 g/mol. The Labute approximate surface area is 285 Å². The van der Waals surface area contributed by atoms with Crippen molar-refractivity contribution in [2.45, 2.75) is 26.2 Å². The molecule has 47 heavy (non-hydrogen) atoms. The predicted molar refractivity (Wildman–Crippen MR) is 190 cm³/mol. The number of halogens is 2. The Morgan fingerprint density at radius 3 is 1.36 bits per heavy atom. The number of esters is 2. The van der Waals surface area contributed by atoms with Crippen LogP contribution in [-0.2, 0) is 13.6 Å². The van der Waals surface area contributed by atoms with Crippen LogP contribution in [0.25, 0.3) is 0 Å². The number of aliphatic imine (C=N–C) groups is 2. The van der Waals surface area contributed by atoms with Crippen LogP contribution in [0.3, 0.4) is 0 Å². The van der Waals surface area contributed by atoms with E-state index >= 15 is 0 Å². The van der Waals surface area contributed by atoms with Gasteiger partial charge in [-0.2, -0.15) is 0 Å². The molecule has 0 aliphatic rings. The topological polar surface area (TPSA) is 127 Å². The van der Waals surface area contributed by atoms with Crippen molar-refractivity contribution >= 4 is 75.6 Å². The Morgan fingerprint density at radius 1 is 0.638 bits per heavy atom. The van der Waals surface area contributed by atoms with Gasteiger partial charge in [-0.1, -0.05) is 23.2 Å². The summed E-state index contributed by atoms with van der Waals surface area (Å²) in [6, 6.07) is 22.5. The zero-order valence-corrected chi connectivity index (χ0v) is 29.7. The molecule has 4 aromatic rings. The van der Waals surface area contributed by atoms with E-state index in [1.54, 1.807) is 72.8 Å². The van der Waals surface area contributed by atoms with Gasteiger partial charge in [0.2, 0.25) is 16.6 Å². The number of hydrogen-bond donors (Lipinski definition) is 2. The Balaban J connectivity index is 1.25. The molecule has 0 heterocycles. The van der Waals surface area contributed by atoms with Gasteiger partial charge in [0.25, 0.3) is 0 Å². The zero-order valence-electron chi connectivity index (χ0n) is 26.2. The molecule has 0 fully saturated rings. The van der Waals surface area contributed by atoms with E-state index in [1.807, 2.05) is 26.2 Å². The summed E-state index contributed by atoms with van der Waals surface area (Å²) in [5, 5.41) is 20.8. The third-order valence-electron chi connectivity index (χ3n) is 6.54. The maximum Gasteiger partial charge on any atom is 0.337 e. The lowest BCUT2D eigenvalue weighted by Crippen LogP contribution is -2.51. The van der Waals surface area contributed by atoms with Crippen LogP contribution in [0.2, 0.25) is 36.2 Å². The van der Waals surface area contributed by atoms with Gasteiger partial charge in [0.1, 0.15) is 24.0 Å². The molecule has 0 aromatic heterocycles. The van der Waals surface area contributed by atoms with Crippen molar-refractivity contribution in [1.29, 1.82) is 0 Å². The second-order valence-corrected chi connectivity index (χ2v) is 21.1. The molecule has 0 amide bonds. The number of carbonyl (C=O) groups excluding carboxylic acids is 2. The smallest absolute Gasteiger partial charge is 0.337 e. The Kier molecular flexibility index (Phi) is 11.8. The summed E-state index contributed by atoms with van der Waals surface area (Å²) in [5.74, 6) is -0.855. The highest BCUT2D eigenvalue weighted by molar-refractivity contribution is 6.84. The van der Waals surface area contributed by atoms with Crippen molar-refractivity contribution in [3.8, 4) is 11.5 Å². The van der Waals surface area contributed by atoms with Crippen LogP contribution < -0.4 is 0 Å². The summed E-state index contributed by atoms with van der Waals surface area (Å²) >= 11 is 12.0. The van der Waals surface area contributed by atoms with Crippen molar-refractivity contribution in [1.82, 2.24) is 0 Å². The van der Waals surface area contributed by atoms with Gasteiger partial charge in [-0.3, -0.25) is 9.98 Å². The van der Waals surface area contributed by atoms with Crippen molar-refractivity contribution < 1.29 is 33.4 Å². The number of nitrogens with zero attached hydrogens (tertiary/aromatic N) is 2. The minimum Gasteiger partial charge on any atom is -0.507 e. The molecule has 244 valence electrons. The van der Waals surface area contributed by atoms with E-state index in [9.17, 15) is 19.8 Å². The Bertz CT molecular complexity index is 1660. The fourth-order valence-electron chi connectivity index (χ4n) is 4.37. The van der Waals surface area contributed by atoms with Gasteiger partial charge in [0.05, 0.1) is 22.5 Å². The van der Waals surface area contributed by atoms with Crippen LogP contribution in [0.1, 0.15) is 31.8 Å². The zero-order chi connectivity index (χ0) is 34.2. The van der Waals surface area contributed by atoms with E-state index < -0.39 is 28.6 Å². The molecule has 0 aliphatic heterocycles. The standard InChI is InChI=1S/C34H34Cl2N2O7Si2/c1-46(2,21-43-33(41)23-5-11-29(12-6-23)37-19-25-17-27(35)9-15-31(25)39)45-47(3,4)22-44-34(42)24-7-13-30(14-8-24)38-20-26-18-28(36)10-16-32(26)40/h5-20,39-40H,21-22H2,1-4H3. The molecule has 0 spiro atoms. The maximum absolute atomic E-state index is 12.7. The van der Waals surface area contributed by atoms with Crippen molar-refractivity contribution in [2.75, 3.05) is 12.5 Å². The van der Waals surface area contributed by atoms with E-state index in [4.69, 9.17) is 36.8 Å². The molecule has 0 radical (unpaired) electrons. The summed E-state index contributed by atoms with van der Waals surface area (Å²) in [6.45, 7) is 7.79. The number of aromatic hydroxyl groups is 2. The Morgan fingerprint density at radius 2 is 1.00 bits per heavy atom. The molecule has 0 bridgehead atoms. The van der Waals surface area contributed by atoms with Crippen LogP contribution in [0, 0.1) is 0 Å². The van der Waals surface area contributed by atoms with Crippen LogP contribution in [0.4, 0.5) is 11.4 Å². The van der Waals surface area contributed by atoms with Crippen LogP contribution in [0.15, 0.2) is 94.9 Å². The van der Waals surface area contributed by atoms with Crippen LogP contribution >= 0.6 is 23.2 Å². The molecule has 0 unspecified atom stereocenters. The van der Waals surface area contributed by atoms with Gasteiger partial charge in [0, 0.05) is 33.6 Å². The summed E-state index contributed by atoms with van der Waals surface area (Å²) < 4.78 is 17.6. The summed E-state index contributed by atoms with van der Waals surface area (Å²) in [4.78, 5) is 34.1. The van der Waals surface area contributed by atoms with Gasteiger partial charge in [-0.05, 0) is 111 Å². The van der Waals surface area contributed by atoms with E-state index in [0.717, 1.165) is 0 Å². The van der Waals surface area contributed by atoms with E-state index in [1.165, 1.54) is 24.6 Å². The quantitative estimate of drug-likeness (QED) is 0.0859. The minimum atomic E-state index is -2.48. The number of rotatable bonds is 12. The molecular weight excluding hydrogens is 675 g/mol. The summed E-state index contributed by atoms with van der Waals surface area (Å²) in [7, 11) is -4.96. The SMILES string of the molecule is C[Si](C)(COC(=O)c1ccc(N=Cc2cc(Cl)ccc2O)cc1)O[Si](C)(C)COC(=O)c1ccc(N=Cc2cc(Cl)ccc2O)cc1. The third kappa shape index (κ3) is 10.9. The van der Waals surface area contributed by atoms with E-state index in [2.05, 4.69) is 9.98 Å². The molecule has 2 N–H and O–H groups in total. The first-order valence-electron chi connectivity index (χ1n) is 14.5. The molecule has 0 atom stereocenters. The Hall–Kier alpha value is -4.27. The first-order chi connectivity index (χ1) is 22.2. The average molecular weight is 710 g/mol. The minimum absolute atomic E-state index is 0.0583. The average Bonchev–Trinajstić information content (AvgIpc) is 3.03. The van der Waals surface area contributed by atoms with Crippen LogP contribution in [0.5, 0.6) is 11.5 Å². The lowest BCUT2D eigenvalue weighted by molar-refractivity contribution is 0.0549. The third-order valence-corrected chi connectivity index (χ3v) is 13.1. The van der Waals surface area contributed by atoms with Gasteiger partial charge in [-0.15, -0.1) is 0 Å². The second-order valence-electron chi connectivity index (χ2n) is 11.8. The van der Waals surface area contributed by atoms with Crippen molar-refractivity contribution in [2.24, 2.45) is 9.98 Å². The highest BCUT2D eigenvalue weighted by Crippen LogP contribution is 2.23. The molecule has 0 aliphatic carbocycles. The van der Waals surface area contributed by atoms with Crippen molar-refractivity contribution in [3.63, 3.8) is 0 Å². The number of phenolic OH excluding ortho intramolecular Hbond substituents is 2. The largest absolute Gasteiger partial charge is 0.507 e. The highest BCUT2D eigenvalue weighted by atomic mass is 35.5. The van der Waals surface area contributed by atoms with Gasteiger partial charge < -0.3 is 23.8 Å². The first kappa shape index (κ1) is 35.6. The molecular formula is C34H34Cl2N2O7Si2. The van der Waals surface area contributed by atoms with E-state index in [0.29, 0.717) is 43.7 Å². The second kappa shape index (κ2) is 15.5. The summed E-state index contributed by atoms with van der Waals surface area (Å²) in [5.41, 5.74) is 2.85. The number of benzene rings is 4. The molecule has 4 rings (SSSR count). The summed E-state index contributed by atoms with van der Waals surface area (Å²) in [6.07, 6.45) is 3.23. The highest BCUT2D eigenvalue weighted by Gasteiger charge is 2.36. The van der Waals surface area contributed by atoms with Gasteiger partial charge >= 0.3 is 11.9 Å². The lowest BCUT2D eigenvalue weighted by atomic mass is 10.2. The van der Waals surface area contributed by atoms with E-state index in [-0.39, 0.29) is 24.0 Å². The number of phenols is 2. The molecule has 4 aromatic carbocycles. The molecule has 9 nitrogen and oxygen atoms in total. The first-order valence-corrected chi connectivity index (χ1v) is 21.5. The normalized spacial score (nSPS) is 12.0. The van der Waals surface area contributed by atoms with Gasteiger partial charge in [0.15, 0.2) is 0 Å². The number of hydrogen-bond acceptors (Lipinski definition) is 9. The molecule has 0 saturated carbocycles. The van der Waals surface area contributed by atoms with Crippen LogP contribution in [-0.4, -0.2) is 63.7 Å². The van der Waals surface area contributed by atoms with Gasteiger partial charge in [-0.25, -0.2) is 9.59 Å². The van der Waals surface area contributed by atoms with Crippen molar-refractivity contribution in [3.05, 3.63) is 117 Å². The predicted octanol–water partition coefficient (Wildman–Crippen LogP) is 8.42. The fraction of sp³-hybridized carbons (Fsp3) is 0.176. The molecule has 13 heteroatoms. The number of ether oxygens (including phenoxy) is 2. The fourth-order valence-corrected chi connectivity index (χ4v) is 12.1.